The summed E-state index contributed by atoms with van der Waals surface area (Å²) in [5.41, 5.74) is 0.956. The lowest BCUT2D eigenvalue weighted by molar-refractivity contribution is -0.144. The highest BCUT2D eigenvalue weighted by molar-refractivity contribution is 5.93. The molecule has 0 spiro atoms. The Bertz CT molecular complexity index is 527. The Balaban J connectivity index is 0.000000468. The molecular weight excluding hydrogens is 296 g/mol. The molecule has 0 saturated heterocycles. The third kappa shape index (κ3) is 7.90. The van der Waals surface area contributed by atoms with E-state index < -0.39 is 0 Å². The highest BCUT2D eigenvalue weighted by atomic mass is 16.2. The van der Waals surface area contributed by atoms with Crippen LogP contribution in [0.3, 0.4) is 0 Å². The molecule has 126 valence electrons. The van der Waals surface area contributed by atoms with Gasteiger partial charge in [0.05, 0.1) is 6.54 Å². The molecule has 4 amide bonds. The van der Waals surface area contributed by atoms with Crippen molar-refractivity contribution >= 4 is 23.6 Å². The molecule has 0 bridgehead atoms. The Morgan fingerprint density at radius 3 is 1.39 bits per heavy atom. The second kappa shape index (κ2) is 10.3. The summed E-state index contributed by atoms with van der Waals surface area (Å²) in [5.74, 6) is -0.822. The van der Waals surface area contributed by atoms with Gasteiger partial charge >= 0.3 is 0 Å². The summed E-state index contributed by atoms with van der Waals surface area (Å²) in [6.45, 7) is 8.13. The molecule has 0 fully saturated rings. The van der Waals surface area contributed by atoms with E-state index in [1.54, 1.807) is 6.92 Å². The Kier molecular flexibility index (Phi) is 9.15. The summed E-state index contributed by atoms with van der Waals surface area (Å²) in [6.07, 6.45) is 0. The van der Waals surface area contributed by atoms with Gasteiger partial charge in [-0.2, -0.15) is 0 Å². The van der Waals surface area contributed by atoms with E-state index in [1.807, 2.05) is 30.3 Å². The maximum absolute atomic E-state index is 11.1. The molecule has 0 atom stereocenters. The number of carbonyl (C=O) groups excluding carboxylic acids is 4. The van der Waals surface area contributed by atoms with E-state index in [4.69, 9.17) is 0 Å². The van der Waals surface area contributed by atoms with E-state index >= 15 is 0 Å². The number of benzene rings is 1. The number of hydrogen-bond acceptors (Lipinski definition) is 4. The second-order valence-corrected chi connectivity index (χ2v) is 4.89. The molecule has 1 rings (SSSR count). The van der Waals surface area contributed by atoms with Crippen molar-refractivity contribution < 1.29 is 19.2 Å². The average molecular weight is 320 g/mol. The normalized spacial score (nSPS) is 9.26. The Labute approximate surface area is 137 Å². The van der Waals surface area contributed by atoms with Crippen molar-refractivity contribution in [3.05, 3.63) is 35.9 Å². The lowest BCUT2D eigenvalue weighted by Gasteiger charge is -2.16. The average Bonchev–Trinajstić information content (AvgIpc) is 2.45. The van der Waals surface area contributed by atoms with Crippen molar-refractivity contribution in [2.75, 3.05) is 6.54 Å². The Hall–Kier alpha value is -2.50. The van der Waals surface area contributed by atoms with Crippen LogP contribution in [0, 0.1) is 0 Å². The molecule has 0 unspecified atom stereocenters. The first kappa shape index (κ1) is 20.5. The molecule has 0 saturated carbocycles. The summed E-state index contributed by atoms with van der Waals surface area (Å²) < 4.78 is 0. The maximum atomic E-state index is 11.1. The molecule has 0 aliphatic carbocycles. The van der Waals surface area contributed by atoms with Gasteiger partial charge in [0, 0.05) is 34.2 Å². The van der Waals surface area contributed by atoms with Gasteiger partial charge in [-0.1, -0.05) is 30.3 Å². The second-order valence-electron chi connectivity index (χ2n) is 4.89. The number of hydrogen-bond donors (Lipinski definition) is 0. The van der Waals surface area contributed by atoms with Gasteiger partial charge in [0.1, 0.15) is 0 Å². The van der Waals surface area contributed by atoms with E-state index in [9.17, 15) is 19.2 Å². The van der Waals surface area contributed by atoms with Crippen molar-refractivity contribution in [1.29, 1.82) is 0 Å². The minimum Gasteiger partial charge on any atom is -0.283 e. The van der Waals surface area contributed by atoms with Crippen LogP contribution in [0.25, 0.3) is 0 Å². The van der Waals surface area contributed by atoms with Crippen molar-refractivity contribution in [2.24, 2.45) is 0 Å². The zero-order valence-corrected chi connectivity index (χ0v) is 14.3. The van der Waals surface area contributed by atoms with Gasteiger partial charge in [0.25, 0.3) is 0 Å². The standard InChI is InChI=1S/C11H13NO2.C6H11NO2/c1-9(13)12(10(2)14)8-11-6-4-3-5-7-11;1-4-7(5(2)8)6(3)9/h3-7H,8H2,1-2H3;4H2,1-3H3. The third-order valence-electron chi connectivity index (χ3n) is 3.02. The Morgan fingerprint density at radius 2 is 1.13 bits per heavy atom. The van der Waals surface area contributed by atoms with Gasteiger partial charge < -0.3 is 0 Å². The molecular formula is C17H24N2O4. The number of nitrogens with zero attached hydrogens (tertiary/aromatic N) is 2. The molecule has 23 heavy (non-hydrogen) atoms. The summed E-state index contributed by atoms with van der Waals surface area (Å²) >= 11 is 0. The molecule has 6 heteroatoms. The van der Waals surface area contributed by atoms with Crippen LogP contribution in [-0.4, -0.2) is 40.0 Å². The molecule has 1 aromatic rings. The van der Waals surface area contributed by atoms with Crippen molar-refractivity contribution in [1.82, 2.24) is 9.80 Å². The number of carbonyl (C=O) groups is 4. The maximum Gasteiger partial charge on any atom is 0.226 e. The van der Waals surface area contributed by atoms with Crippen LogP contribution in [0.15, 0.2) is 30.3 Å². The van der Waals surface area contributed by atoms with Crippen LogP contribution in [0.4, 0.5) is 0 Å². The minimum atomic E-state index is -0.221. The van der Waals surface area contributed by atoms with Gasteiger partial charge in [-0.05, 0) is 12.5 Å². The Morgan fingerprint density at radius 1 is 0.739 bits per heavy atom. The van der Waals surface area contributed by atoms with E-state index in [-0.39, 0.29) is 23.6 Å². The largest absolute Gasteiger partial charge is 0.283 e. The molecule has 0 heterocycles. The molecule has 0 aliphatic rings. The van der Waals surface area contributed by atoms with E-state index in [1.165, 1.54) is 37.5 Å². The summed E-state index contributed by atoms with van der Waals surface area (Å²) in [4.78, 5) is 45.6. The van der Waals surface area contributed by atoms with Crippen molar-refractivity contribution in [3.8, 4) is 0 Å². The molecule has 0 aromatic heterocycles. The van der Waals surface area contributed by atoms with Crippen LogP contribution in [0.1, 0.15) is 40.2 Å². The highest BCUT2D eigenvalue weighted by Gasteiger charge is 2.13. The monoisotopic (exact) mass is 320 g/mol. The van der Waals surface area contributed by atoms with Gasteiger partial charge in [-0.15, -0.1) is 0 Å². The van der Waals surface area contributed by atoms with Crippen LogP contribution >= 0.6 is 0 Å². The topological polar surface area (TPSA) is 74.8 Å². The molecule has 6 nitrogen and oxygen atoms in total. The van der Waals surface area contributed by atoms with Crippen LogP contribution < -0.4 is 0 Å². The van der Waals surface area contributed by atoms with E-state index in [2.05, 4.69) is 0 Å². The van der Waals surface area contributed by atoms with Crippen LogP contribution in [-0.2, 0) is 25.7 Å². The van der Waals surface area contributed by atoms with Crippen LogP contribution in [0.5, 0.6) is 0 Å². The fourth-order valence-electron chi connectivity index (χ4n) is 1.88. The van der Waals surface area contributed by atoms with Crippen LogP contribution in [0.2, 0.25) is 0 Å². The van der Waals surface area contributed by atoms with Gasteiger partial charge in [-0.25, -0.2) is 0 Å². The first-order valence-corrected chi connectivity index (χ1v) is 7.31. The lowest BCUT2D eigenvalue weighted by atomic mass is 10.2. The van der Waals surface area contributed by atoms with E-state index in [0.29, 0.717) is 13.1 Å². The molecule has 0 radical (unpaired) electrons. The van der Waals surface area contributed by atoms with Gasteiger partial charge in [0.2, 0.25) is 23.6 Å². The number of rotatable bonds is 3. The first-order chi connectivity index (χ1) is 10.7. The fourth-order valence-corrected chi connectivity index (χ4v) is 1.88. The van der Waals surface area contributed by atoms with Gasteiger partial charge in [0.15, 0.2) is 0 Å². The van der Waals surface area contributed by atoms with Gasteiger partial charge in [-0.3, -0.25) is 29.0 Å². The highest BCUT2D eigenvalue weighted by Crippen LogP contribution is 2.04. The SMILES string of the molecule is CC(=O)N(Cc1ccccc1)C(C)=O.CCN(C(C)=O)C(C)=O. The van der Waals surface area contributed by atoms with E-state index in [0.717, 1.165) is 5.56 Å². The minimum absolute atomic E-state index is 0.190. The summed E-state index contributed by atoms with van der Waals surface area (Å²) in [6, 6.07) is 9.44. The predicted octanol–water partition coefficient (Wildman–Crippen LogP) is 1.98. The molecule has 1 aromatic carbocycles. The number of amides is 4. The predicted molar refractivity (Wildman–Crippen MR) is 87.1 cm³/mol. The molecule has 0 aliphatic heterocycles. The third-order valence-corrected chi connectivity index (χ3v) is 3.02. The van der Waals surface area contributed by atoms with Crippen molar-refractivity contribution in [3.63, 3.8) is 0 Å². The first-order valence-electron chi connectivity index (χ1n) is 7.31. The number of imide groups is 2. The zero-order chi connectivity index (χ0) is 18.0. The quantitative estimate of drug-likeness (QED) is 0.853. The fraction of sp³-hybridized carbons (Fsp3) is 0.412. The summed E-state index contributed by atoms with van der Waals surface area (Å²) in [7, 11) is 0. The zero-order valence-electron chi connectivity index (χ0n) is 14.3. The molecule has 0 N–H and O–H groups in total. The summed E-state index contributed by atoms with van der Waals surface area (Å²) in [5, 5.41) is 0. The lowest BCUT2D eigenvalue weighted by Crippen LogP contribution is -2.32. The smallest absolute Gasteiger partial charge is 0.226 e. The van der Waals surface area contributed by atoms with Crippen molar-refractivity contribution in [2.45, 2.75) is 41.2 Å².